The van der Waals surface area contributed by atoms with Crippen molar-refractivity contribution in [1.82, 2.24) is 0 Å². The molecule has 3 aromatic rings. The van der Waals surface area contributed by atoms with Crippen molar-refractivity contribution in [2.24, 2.45) is 0 Å². The van der Waals surface area contributed by atoms with Gasteiger partial charge in [-0.2, -0.15) is 4.73 Å². The van der Waals surface area contributed by atoms with Crippen LogP contribution in [0.4, 0.5) is 0 Å². The van der Waals surface area contributed by atoms with E-state index >= 15 is 0 Å². The van der Waals surface area contributed by atoms with Crippen molar-refractivity contribution in [3.63, 3.8) is 0 Å². The molecule has 4 nitrogen and oxygen atoms in total. The highest BCUT2D eigenvalue weighted by atomic mass is 35.5. The summed E-state index contributed by atoms with van der Waals surface area (Å²) in [6, 6.07) is 12.8. The van der Waals surface area contributed by atoms with E-state index in [0.29, 0.717) is 27.9 Å². The quantitative estimate of drug-likeness (QED) is 0.536. The molecule has 2 aromatic carbocycles. The third-order valence-corrected chi connectivity index (χ3v) is 4.07. The number of pyridine rings is 1. The first-order valence-electron chi connectivity index (χ1n) is 7.10. The molecule has 3 rings (SSSR count). The van der Waals surface area contributed by atoms with Crippen molar-refractivity contribution >= 4 is 22.4 Å². The van der Waals surface area contributed by atoms with Crippen molar-refractivity contribution in [3.8, 4) is 22.8 Å². The third-order valence-electron chi connectivity index (χ3n) is 3.82. The summed E-state index contributed by atoms with van der Waals surface area (Å²) in [6.07, 6.45) is 0. The van der Waals surface area contributed by atoms with Crippen LogP contribution in [0.2, 0.25) is 5.02 Å². The van der Waals surface area contributed by atoms with Gasteiger partial charge in [-0.05, 0) is 41.8 Å². The minimum Gasteiger partial charge on any atom is -0.618 e. The number of benzene rings is 2. The highest BCUT2D eigenvalue weighted by Gasteiger charge is 2.22. The maximum absolute atomic E-state index is 12.7. The van der Waals surface area contributed by atoms with Crippen LogP contribution >= 0.6 is 11.6 Å². The number of hydrogen-bond donors (Lipinski definition) is 0. The van der Waals surface area contributed by atoms with Gasteiger partial charge < -0.3 is 14.7 Å². The zero-order valence-electron chi connectivity index (χ0n) is 13.1. The number of aryl methyl sites for hydroxylation is 1. The normalized spacial score (nSPS) is 10.8. The number of methoxy groups -OCH3 is 2. The van der Waals surface area contributed by atoms with Gasteiger partial charge in [0.15, 0.2) is 17.2 Å². The molecule has 0 radical (unpaired) electrons. The summed E-state index contributed by atoms with van der Waals surface area (Å²) in [5.74, 6) is 1.12. The van der Waals surface area contributed by atoms with E-state index < -0.39 is 0 Å². The number of hydrogen-bond acceptors (Lipinski definition) is 3. The first-order valence-corrected chi connectivity index (χ1v) is 7.48. The number of rotatable bonds is 3. The lowest BCUT2D eigenvalue weighted by Crippen LogP contribution is -2.33. The molecule has 118 valence electrons. The van der Waals surface area contributed by atoms with Gasteiger partial charge in [-0.3, -0.25) is 0 Å². The topological polar surface area (TPSA) is 45.4 Å². The second-order valence-corrected chi connectivity index (χ2v) is 5.64. The molecule has 0 bridgehead atoms. The Bertz CT molecular complexity index is 876. The van der Waals surface area contributed by atoms with E-state index in [1.807, 2.05) is 30.3 Å². The SMILES string of the molecule is COc1ccc2cc(C)[n+]([O-])c(-c3ccc(Cl)cc3)c2c1OC. The van der Waals surface area contributed by atoms with E-state index in [4.69, 9.17) is 21.1 Å². The minimum absolute atomic E-state index is 0.521. The third kappa shape index (κ3) is 2.55. The molecule has 1 heterocycles. The van der Waals surface area contributed by atoms with Gasteiger partial charge in [0.25, 0.3) is 0 Å². The summed E-state index contributed by atoms with van der Waals surface area (Å²) in [6.45, 7) is 1.78. The standard InChI is InChI=1S/C18H16ClNO3/c1-11-10-13-6-9-15(22-2)18(23-3)16(13)17(20(11)21)12-4-7-14(19)8-5-12/h4-10H,1-3H3. The Morgan fingerprint density at radius 2 is 1.70 bits per heavy atom. The average Bonchev–Trinajstić information content (AvgIpc) is 2.56. The molecule has 0 aliphatic heterocycles. The van der Waals surface area contributed by atoms with Gasteiger partial charge in [-0.25, -0.2) is 0 Å². The molecule has 0 aliphatic rings. The van der Waals surface area contributed by atoms with Crippen LogP contribution < -0.4 is 14.2 Å². The van der Waals surface area contributed by atoms with E-state index in [0.717, 1.165) is 21.1 Å². The summed E-state index contributed by atoms with van der Waals surface area (Å²) in [7, 11) is 3.14. The predicted molar refractivity (Wildman–Crippen MR) is 91.2 cm³/mol. The fourth-order valence-electron chi connectivity index (χ4n) is 2.74. The summed E-state index contributed by atoms with van der Waals surface area (Å²) in [5, 5.41) is 15.0. The fraction of sp³-hybridized carbons (Fsp3) is 0.167. The zero-order valence-corrected chi connectivity index (χ0v) is 13.8. The van der Waals surface area contributed by atoms with E-state index in [9.17, 15) is 5.21 Å². The van der Waals surface area contributed by atoms with Gasteiger partial charge in [0.05, 0.1) is 14.2 Å². The second-order valence-electron chi connectivity index (χ2n) is 5.20. The van der Waals surface area contributed by atoms with Crippen LogP contribution in [0.3, 0.4) is 0 Å². The van der Waals surface area contributed by atoms with Gasteiger partial charge in [-0.1, -0.05) is 11.6 Å². The van der Waals surface area contributed by atoms with Crippen LogP contribution in [0.25, 0.3) is 22.0 Å². The Labute approximate surface area is 139 Å². The lowest BCUT2D eigenvalue weighted by Gasteiger charge is -2.15. The maximum Gasteiger partial charge on any atom is 0.235 e. The average molecular weight is 330 g/mol. The smallest absolute Gasteiger partial charge is 0.235 e. The number of ether oxygens (including phenoxy) is 2. The van der Waals surface area contributed by atoms with Crippen LogP contribution in [-0.4, -0.2) is 14.2 Å². The first kappa shape index (κ1) is 15.4. The number of fused-ring (bicyclic) bond motifs is 1. The molecule has 0 unspecified atom stereocenters. The fourth-order valence-corrected chi connectivity index (χ4v) is 2.86. The Morgan fingerprint density at radius 3 is 2.30 bits per heavy atom. The molecule has 0 spiro atoms. The summed E-state index contributed by atoms with van der Waals surface area (Å²) >= 11 is 5.97. The van der Waals surface area contributed by atoms with Gasteiger partial charge in [-0.15, -0.1) is 0 Å². The highest BCUT2D eigenvalue weighted by Crippen LogP contribution is 2.40. The summed E-state index contributed by atoms with van der Waals surface area (Å²) in [4.78, 5) is 0. The van der Waals surface area contributed by atoms with Crippen molar-refractivity contribution in [2.75, 3.05) is 14.2 Å². The van der Waals surface area contributed by atoms with E-state index in [1.54, 1.807) is 33.3 Å². The van der Waals surface area contributed by atoms with Crippen LogP contribution in [0, 0.1) is 12.1 Å². The maximum atomic E-state index is 12.7. The highest BCUT2D eigenvalue weighted by molar-refractivity contribution is 6.30. The van der Waals surface area contributed by atoms with Gasteiger partial charge in [0.2, 0.25) is 5.69 Å². The first-order chi connectivity index (χ1) is 11.1. The summed E-state index contributed by atoms with van der Waals surface area (Å²) < 4.78 is 11.8. The minimum atomic E-state index is 0.521. The Balaban J connectivity index is 2.46. The predicted octanol–water partition coefficient (Wildman–Crippen LogP) is 4.12. The second kappa shape index (κ2) is 5.97. The van der Waals surface area contributed by atoms with Crippen molar-refractivity contribution in [2.45, 2.75) is 6.92 Å². The molecule has 0 aliphatic carbocycles. The lowest BCUT2D eigenvalue weighted by atomic mass is 10.0. The van der Waals surface area contributed by atoms with E-state index in [-0.39, 0.29) is 0 Å². The molecule has 0 fully saturated rings. The van der Waals surface area contributed by atoms with Crippen LogP contribution in [0.1, 0.15) is 5.69 Å². The molecular weight excluding hydrogens is 314 g/mol. The van der Waals surface area contributed by atoms with E-state index in [1.165, 1.54) is 0 Å². The lowest BCUT2D eigenvalue weighted by molar-refractivity contribution is -0.599. The Hall–Kier alpha value is -2.46. The van der Waals surface area contributed by atoms with E-state index in [2.05, 4.69) is 0 Å². The molecule has 0 amide bonds. The molecule has 0 saturated carbocycles. The van der Waals surface area contributed by atoms with Gasteiger partial charge in [0.1, 0.15) is 5.39 Å². The van der Waals surface area contributed by atoms with Gasteiger partial charge in [0, 0.05) is 23.6 Å². The number of halogens is 1. The molecule has 0 atom stereocenters. The monoisotopic (exact) mass is 329 g/mol. The van der Waals surface area contributed by atoms with Crippen molar-refractivity contribution < 1.29 is 14.2 Å². The molecule has 1 aromatic heterocycles. The van der Waals surface area contributed by atoms with Crippen LogP contribution in [-0.2, 0) is 0 Å². The molecule has 5 heteroatoms. The molecular formula is C18H16ClNO3. The number of aromatic nitrogens is 1. The van der Waals surface area contributed by atoms with Gasteiger partial charge >= 0.3 is 0 Å². The molecule has 23 heavy (non-hydrogen) atoms. The Morgan fingerprint density at radius 1 is 1.00 bits per heavy atom. The zero-order chi connectivity index (χ0) is 16.6. The molecule has 0 saturated heterocycles. The van der Waals surface area contributed by atoms with Crippen LogP contribution in [0.5, 0.6) is 11.5 Å². The van der Waals surface area contributed by atoms with Crippen molar-refractivity contribution in [3.05, 3.63) is 58.4 Å². The largest absolute Gasteiger partial charge is 0.618 e. The van der Waals surface area contributed by atoms with Crippen molar-refractivity contribution in [1.29, 1.82) is 0 Å². The number of nitrogens with zero attached hydrogens (tertiary/aromatic N) is 1. The summed E-state index contributed by atoms with van der Waals surface area (Å²) in [5.41, 5.74) is 1.90. The Kier molecular flexibility index (Phi) is 4.01. The van der Waals surface area contributed by atoms with Crippen LogP contribution in [0.15, 0.2) is 42.5 Å². The molecule has 0 N–H and O–H groups in total.